The summed E-state index contributed by atoms with van der Waals surface area (Å²) in [6.07, 6.45) is 7.07. The summed E-state index contributed by atoms with van der Waals surface area (Å²) in [6.45, 7) is 9.38. The van der Waals surface area contributed by atoms with E-state index in [0.717, 1.165) is 42.4 Å². The molecule has 2 aliphatic heterocycles. The van der Waals surface area contributed by atoms with E-state index < -0.39 is 0 Å². The molecule has 0 saturated carbocycles. The predicted molar refractivity (Wildman–Crippen MR) is 157 cm³/mol. The van der Waals surface area contributed by atoms with Gasteiger partial charge in [-0.25, -0.2) is 9.97 Å². The molecule has 3 aromatic rings. The van der Waals surface area contributed by atoms with Gasteiger partial charge < -0.3 is 24.8 Å². The van der Waals surface area contributed by atoms with Crippen LogP contribution < -0.4 is 15.1 Å². The molecule has 1 aromatic carbocycles. The highest BCUT2D eigenvalue weighted by molar-refractivity contribution is 5.71. The average molecular weight is 518 g/mol. The van der Waals surface area contributed by atoms with Gasteiger partial charge in [0.15, 0.2) is 0 Å². The number of aromatic nitrogens is 3. The lowest BCUT2D eigenvalue weighted by molar-refractivity contribution is -0.0893. The Bertz CT molecular complexity index is 1240. The lowest BCUT2D eigenvalue weighted by Gasteiger charge is -2.46. The second kappa shape index (κ2) is 10.5. The minimum atomic E-state index is -0.213. The van der Waals surface area contributed by atoms with E-state index in [0.29, 0.717) is 12.6 Å². The molecule has 0 aliphatic carbocycles. The van der Waals surface area contributed by atoms with Crippen molar-refractivity contribution >= 4 is 29.0 Å². The zero-order valence-electron chi connectivity index (χ0n) is 23.6. The van der Waals surface area contributed by atoms with Crippen molar-refractivity contribution < 1.29 is 6.16 Å². The fourth-order valence-corrected chi connectivity index (χ4v) is 5.59. The van der Waals surface area contributed by atoms with Gasteiger partial charge in [0.05, 0.1) is 18.2 Å². The highest BCUT2D eigenvalue weighted by Crippen LogP contribution is 2.52. The van der Waals surface area contributed by atoms with Crippen molar-refractivity contribution in [1.82, 2.24) is 19.9 Å². The van der Waals surface area contributed by atoms with Gasteiger partial charge in [-0.15, -0.1) is 0 Å². The number of hydrogen-bond donors (Lipinski definition) is 1. The van der Waals surface area contributed by atoms with Gasteiger partial charge in [-0.1, -0.05) is 13.0 Å². The molecule has 5 rings (SSSR count). The highest BCUT2D eigenvalue weighted by Gasteiger charge is 2.55. The first-order valence-corrected chi connectivity index (χ1v) is 13.6. The smallest absolute Gasteiger partial charge is 0.229 e. The van der Waals surface area contributed by atoms with Crippen molar-refractivity contribution in [1.29, 1.82) is 0 Å². The molecular formula is C30H43N7O. The van der Waals surface area contributed by atoms with Crippen molar-refractivity contribution in [3.05, 3.63) is 60.4 Å². The number of nitrogens with one attached hydrogen (secondary N) is 1. The summed E-state index contributed by atoms with van der Waals surface area (Å²) in [4.78, 5) is 21.3. The summed E-state index contributed by atoms with van der Waals surface area (Å²) in [5.74, 6) is 2.39. The second-order valence-corrected chi connectivity index (χ2v) is 11.8. The van der Waals surface area contributed by atoms with Crippen LogP contribution in [0.5, 0.6) is 0 Å². The van der Waals surface area contributed by atoms with Crippen LogP contribution in [0.15, 0.2) is 54.9 Å². The van der Waals surface area contributed by atoms with Crippen molar-refractivity contribution in [2.75, 3.05) is 56.0 Å². The Balaban J connectivity index is 0.00000353. The Labute approximate surface area is 228 Å². The Morgan fingerprint density at radius 1 is 1.03 bits per heavy atom. The summed E-state index contributed by atoms with van der Waals surface area (Å²) >= 11 is 0. The van der Waals surface area contributed by atoms with Crippen LogP contribution in [0.25, 0.3) is 0 Å². The SMILES string of the molecule is CN(C)CCCCN(C)c1ccc(Nc2ncc3c(n2)N(c2ccccn2)[C@@H]2CC(C)(C)OC[C@]32C)cc1.[HH]. The maximum atomic E-state index is 6.30. The molecule has 2 aliphatic rings. The van der Waals surface area contributed by atoms with Gasteiger partial charge in [0.1, 0.15) is 11.6 Å². The molecule has 0 unspecified atom stereocenters. The third kappa shape index (κ3) is 5.33. The molecule has 4 heterocycles. The molecule has 0 radical (unpaired) electrons. The number of fused-ring (bicyclic) bond motifs is 3. The zero-order valence-corrected chi connectivity index (χ0v) is 23.6. The molecule has 8 nitrogen and oxygen atoms in total. The highest BCUT2D eigenvalue weighted by atomic mass is 16.5. The van der Waals surface area contributed by atoms with E-state index in [9.17, 15) is 0 Å². The Morgan fingerprint density at radius 2 is 1.79 bits per heavy atom. The van der Waals surface area contributed by atoms with E-state index in [2.05, 4.69) is 92.3 Å². The van der Waals surface area contributed by atoms with Crippen molar-refractivity contribution in [2.24, 2.45) is 0 Å². The van der Waals surface area contributed by atoms with Crippen LogP contribution in [0.3, 0.4) is 0 Å². The van der Waals surface area contributed by atoms with E-state index >= 15 is 0 Å². The van der Waals surface area contributed by atoms with E-state index in [1.54, 1.807) is 0 Å². The number of anilines is 5. The van der Waals surface area contributed by atoms with Gasteiger partial charge in [0.2, 0.25) is 5.95 Å². The van der Waals surface area contributed by atoms with E-state index in [-0.39, 0.29) is 18.5 Å². The van der Waals surface area contributed by atoms with Gasteiger partial charge in [-0.3, -0.25) is 0 Å². The molecule has 1 fully saturated rings. The largest absolute Gasteiger partial charge is 0.375 e. The second-order valence-electron chi connectivity index (χ2n) is 11.8. The summed E-state index contributed by atoms with van der Waals surface area (Å²) in [5, 5.41) is 3.42. The number of hydrogen-bond acceptors (Lipinski definition) is 8. The molecule has 2 aromatic heterocycles. The Kier molecular flexibility index (Phi) is 7.29. The zero-order chi connectivity index (χ0) is 26.9. The topological polar surface area (TPSA) is 69.7 Å². The summed E-state index contributed by atoms with van der Waals surface area (Å²) in [5.41, 5.74) is 2.86. The number of rotatable bonds is 9. The van der Waals surface area contributed by atoms with Crippen molar-refractivity contribution in [2.45, 2.75) is 57.1 Å². The van der Waals surface area contributed by atoms with Crippen molar-refractivity contribution in [3.63, 3.8) is 0 Å². The van der Waals surface area contributed by atoms with Gasteiger partial charge >= 0.3 is 0 Å². The average Bonchev–Trinajstić information content (AvgIpc) is 3.14. The number of nitrogens with zero attached hydrogens (tertiary/aromatic N) is 6. The van der Waals surface area contributed by atoms with Crippen LogP contribution in [-0.2, 0) is 10.2 Å². The predicted octanol–water partition coefficient (Wildman–Crippen LogP) is 5.62. The van der Waals surface area contributed by atoms with E-state index in [1.807, 2.05) is 24.5 Å². The number of ether oxygens (including phenoxy) is 1. The summed E-state index contributed by atoms with van der Waals surface area (Å²) < 4.78 is 6.30. The van der Waals surface area contributed by atoms with Crippen LogP contribution in [0.1, 0.15) is 47.0 Å². The lowest BCUT2D eigenvalue weighted by atomic mass is 9.73. The minimum Gasteiger partial charge on any atom is -0.375 e. The number of pyridine rings is 1. The van der Waals surface area contributed by atoms with Crippen LogP contribution in [0.2, 0.25) is 0 Å². The van der Waals surface area contributed by atoms with Crippen LogP contribution in [-0.4, -0.2) is 72.3 Å². The number of unbranched alkanes of at least 4 members (excludes halogenated alkanes) is 1. The number of benzene rings is 1. The first kappa shape index (κ1) is 26.4. The molecular weight excluding hydrogens is 474 g/mol. The monoisotopic (exact) mass is 517 g/mol. The molecule has 8 heteroatoms. The Morgan fingerprint density at radius 3 is 2.50 bits per heavy atom. The van der Waals surface area contributed by atoms with Crippen LogP contribution >= 0.6 is 0 Å². The van der Waals surface area contributed by atoms with E-state index in [4.69, 9.17) is 19.7 Å². The third-order valence-electron chi connectivity index (χ3n) is 7.92. The van der Waals surface area contributed by atoms with Crippen LogP contribution in [0, 0.1) is 0 Å². The fraction of sp³-hybridized carbons (Fsp3) is 0.500. The normalized spacial score (nSPS) is 21.8. The molecule has 0 spiro atoms. The first-order chi connectivity index (χ1) is 18.2. The molecule has 2 atom stereocenters. The maximum absolute atomic E-state index is 6.30. The van der Waals surface area contributed by atoms with Gasteiger partial charge in [0, 0.05) is 49.8 Å². The van der Waals surface area contributed by atoms with Gasteiger partial charge in [0.25, 0.3) is 0 Å². The molecule has 0 bridgehead atoms. The molecule has 1 N–H and O–H groups in total. The van der Waals surface area contributed by atoms with E-state index in [1.165, 1.54) is 18.5 Å². The van der Waals surface area contributed by atoms with Gasteiger partial charge in [-0.2, -0.15) is 4.98 Å². The van der Waals surface area contributed by atoms with Crippen molar-refractivity contribution in [3.8, 4) is 0 Å². The maximum Gasteiger partial charge on any atom is 0.229 e. The molecule has 204 valence electrons. The molecule has 38 heavy (non-hydrogen) atoms. The van der Waals surface area contributed by atoms with Gasteiger partial charge in [-0.05, 0) is 90.1 Å². The standard InChI is InChI=1S/C30H41N7O.H2/c1-29(2)19-25-30(3,21-38-29)24-20-32-28(34-27(24)37(25)26-11-7-8-16-31-26)33-22-12-14-23(15-13-22)36(6)18-10-9-17-35(4)5;/h7-8,11-16,20,25H,9-10,17-19,21H2,1-6H3,(H,32,33,34);1H/t25-,30-;/m1./s1. The van der Waals surface area contributed by atoms with Crippen LogP contribution in [0.4, 0.5) is 29.0 Å². The summed E-state index contributed by atoms with van der Waals surface area (Å²) in [7, 11) is 6.40. The molecule has 1 saturated heterocycles. The first-order valence-electron chi connectivity index (χ1n) is 13.6. The summed E-state index contributed by atoms with van der Waals surface area (Å²) in [6, 6.07) is 14.7. The molecule has 0 amide bonds. The fourth-order valence-electron chi connectivity index (χ4n) is 5.59. The minimum absolute atomic E-state index is 0. The lowest BCUT2D eigenvalue weighted by Crippen LogP contribution is -2.54. The third-order valence-corrected chi connectivity index (χ3v) is 7.92. The quantitative estimate of drug-likeness (QED) is 0.367. The Hall–Kier alpha value is -3.23.